The highest BCUT2D eigenvalue weighted by atomic mass is 16.6. The molecule has 2 aromatic rings. The molecule has 19 heavy (non-hydrogen) atoms. The van der Waals surface area contributed by atoms with Crippen molar-refractivity contribution >= 4 is 5.91 Å². The van der Waals surface area contributed by atoms with Crippen molar-refractivity contribution < 1.29 is 9.53 Å². The maximum Gasteiger partial charge on any atom is 0.252 e. The average molecular weight is 253 g/mol. The van der Waals surface area contributed by atoms with Crippen LogP contribution in [-0.2, 0) is 16.1 Å². The summed E-state index contributed by atoms with van der Waals surface area (Å²) in [6.07, 6.45) is -0.428. The molecule has 1 heterocycles. The Kier molecular flexibility index (Phi) is 3.29. The third-order valence-corrected chi connectivity index (χ3v) is 3.19. The molecule has 0 spiro atoms. The number of benzene rings is 2. The Labute approximate surface area is 112 Å². The van der Waals surface area contributed by atoms with Gasteiger partial charge in [-0.1, -0.05) is 60.7 Å². The van der Waals surface area contributed by atoms with Gasteiger partial charge in [0.25, 0.3) is 5.91 Å². The van der Waals surface area contributed by atoms with Crippen molar-refractivity contribution in [3.8, 4) is 0 Å². The van der Waals surface area contributed by atoms with Gasteiger partial charge in [-0.15, -0.1) is 0 Å². The highest BCUT2D eigenvalue weighted by molar-refractivity contribution is 5.84. The predicted molar refractivity (Wildman–Crippen MR) is 72.3 cm³/mol. The van der Waals surface area contributed by atoms with Crippen molar-refractivity contribution in [2.45, 2.75) is 18.8 Å². The van der Waals surface area contributed by atoms with Gasteiger partial charge in [0.05, 0.1) is 0 Å². The van der Waals surface area contributed by atoms with E-state index in [1.807, 2.05) is 60.7 Å². The highest BCUT2D eigenvalue weighted by Crippen LogP contribution is 2.38. The smallest absolute Gasteiger partial charge is 0.252 e. The van der Waals surface area contributed by atoms with Crippen LogP contribution < -0.4 is 5.32 Å². The lowest BCUT2D eigenvalue weighted by Crippen LogP contribution is -2.27. The van der Waals surface area contributed by atoms with Crippen LogP contribution in [0.4, 0.5) is 0 Å². The second kappa shape index (κ2) is 5.24. The highest BCUT2D eigenvalue weighted by Gasteiger charge is 2.45. The third kappa shape index (κ3) is 2.83. The molecule has 0 aliphatic carbocycles. The van der Waals surface area contributed by atoms with E-state index in [1.165, 1.54) is 0 Å². The molecule has 1 aliphatic heterocycles. The predicted octanol–water partition coefficient (Wildman–Crippen LogP) is 2.44. The maximum absolute atomic E-state index is 11.9. The van der Waals surface area contributed by atoms with Crippen LogP contribution in [0.25, 0.3) is 0 Å². The number of carbonyl (C=O) groups excluding carboxylic acids is 1. The number of ether oxygens (including phenoxy) is 1. The summed E-state index contributed by atoms with van der Waals surface area (Å²) in [6.45, 7) is 0.543. The lowest BCUT2D eigenvalue weighted by Gasteiger charge is -2.03. The number of nitrogens with one attached hydrogen (secondary N) is 1. The third-order valence-electron chi connectivity index (χ3n) is 3.19. The van der Waals surface area contributed by atoms with Crippen molar-refractivity contribution in [3.63, 3.8) is 0 Å². The van der Waals surface area contributed by atoms with E-state index in [-0.39, 0.29) is 18.1 Å². The number of hydrogen-bond donors (Lipinski definition) is 1. The summed E-state index contributed by atoms with van der Waals surface area (Å²) in [6, 6.07) is 19.7. The lowest BCUT2D eigenvalue weighted by molar-refractivity contribution is -0.122. The molecule has 0 unspecified atom stereocenters. The van der Waals surface area contributed by atoms with Gasteiger partial charge in [0.2, 0.25) is 0 Å². The van der Waals surface area contributed by atoms with E-state index in [4.69, 9.17) is 4.74 Å². The Morgan fingerprint density at radius 2 is 1.63 bits per heavy atom. The van der Waals surface area contributed by atoms with E-state index < -0.39 is 0 Å². The monoisotopic (exact) mass is 253 g/mol. The fourth-order valence-corrected chi connectivity index (χ4v) is 2.09. The minimum atomic E-state index is -0.342. The second-order valence-electron chi connectivity index (χ2n) is 4.59. The molecule has 2 atom stereocenters. The Bertz CT molecular complexity index is 553. The second-order valence-corrected chi connectivity index (χ2v) is 4.59. The summed E-state index contributed by atoms with van der Waals surface area (Å²) in [5.74, 6) is -0.0438. The fraction of sp³-hybridized carbons (Fsp3) is 0.188. The Balaban J connectivity index is 1.53. The zero-order valence-electron chi connectivity index (χ0n) is 10.5. The van der Waals surface area contributed by atoms with Gasteiger partial charge in [-0.25, -0.2) is 0 Å². The molecule has 96 valence electrons. The molecule has 3 rings (SSSR count). The van der Waals surface area contributed by atoms with Gasteiger partial charge in [-0.3, -0.25) is 4.79 Å². The Hall–Kier alpha value is -2.13. The Morgan fingerprint density at radius 3 is 2.32 bits per heavy atom. The van der Waals surface area contributed by atoms with Crippen LogP contribution in [0.3, 0.4) is 0 Å². The van der Waals surface area contributed by atoms with E-state index in [1.54, 1.807) is 0 Å². The van der Waals surface area contributed by atoms with Crippen LogP contribution in [-0.4, -0.2) is 12.0 Å². The largest absolute Gasteiger partial charge is 0.354 e. The van der Waals surface area contributed by atoms with E-state index in [0.717, 1.165) is 11.1 Å². The van der Waals surface area contributed by atoms with Crippen LogP contribution in [0.2, 0.25) is 0 Å². The lowest BCUT2D eigenvalue weighted by atomic mass is 10.1. The summed E-state index contributed by atoms with van der Waals surface area (Å²) >= 11 is 0. The van der Waals surface area contributed by atoms with E-state index in [0.29, 0.717) is 6.54 Å². The van der Waals surface area contributed by atoms with Crippen molar-refractivity contribution in [2.75, 3.05) is 0 Å². The van der Waals surface area contributed by atoms with Crippen LogP contribution in [0, 0.1) is 0 Å². The van der Waals surface area contributed by atoms with Gasteiger partial charge in [0.1, 0.15) is 6.10 Å². The quantitative estimate of drug-likeness (QED) is 0.850. The van der Waals surface area contributed by atoms with E-state index in [9.17, 15) is 4.79 Å². The molecular weight excluding hydrogens is 238 g/mol. The van der Waals surface area contributed by atoms with Gasteiger partial charge in [0.15, 0.2) is 6.10 Å². The minimum Gasteiger partial charge on any atom is -0.354 e. The number of carbonyl (C=O) groups is 1. The Morgan fingerprint density at radius 1 is 1.00 bits per heavy atom. The van der Waals surface area contributed by atoms with Gasteiger partial charge in [-0.2, -0.15) is 0 Å². The number of amides is 1. The summed E-state index contributed by atoms with van der Waals surface area (Å²) in [7, 11) is 0. The van der Waals surface area contributed by atoms with Gasteiger partial charge >= 0.3 is 0 Å². The van der Waals surface area contributed by atoms with Crippen LogP contribution in [0.1, 0.15) is 17.2 Å². The molecule has 0 aromatic heterocycles. The van der Waals surface area contributed by atoms with Crippen LogP contribution in [0.15, 0.2) is 60.7 Å². The van der Waals surface area contributed by atoms with Crippen LogP contribution >= 0.6 is 0 Å². The fourth-order valence-electron chi connectivity index (χ4n) is 2.09. The zero-order valence-corrected chi connectivity index (χ0v) is 10.5. The van der Waals surface area contributed by atoms with Gasteiger partial charge in [-0.05, 0) is 11.1 Å². The topological polar surface area (TPSA) is 41.6 Å². The number of hydrogen-bond acceptors (Lipinski definition) is 2. The first kappa shape index (κ1) is 11.9. The molecule has 1 aliphatic rings. The molecule has 1 fully saturated rings. The molecule has 0 bridgehead atoms. The standard InChI is InChI=1S/C16H15NO2/c18-16(17-11-12-7-3-1-4-8-12)15-14(19-15)13-9-5-2-6-10-13/h1-10,14-15H,11H2,(H,17,18)/t14-,15-/m1/s1. The molecule has 3 heteroatoms. The zero-order chi connectivity index (χ0) is 13.1. The average Bonchev–Trinajstić information content (AvgIpc) is 3.27. The molecule has 1 N–H and O–H groups in total. The van der Waals surface area contributed by atoms with Gasteiger partial charge in [0, 0.05) is 6.54 Å². The van der Waals surface area contributed by atoms with Gasteiger partial charge < -0.3 is 10.1 Å². The molecule has 2 aromatic carbocycles. The van der Waals surface area contributed by atoms with Crippen molar-refractivity contribution in [1.82, 2.24) is 5.32 Å². The summed E-state index contributed by atoms with van der Waals surface area (Å²) < 4.78 is 5.44. The summed E-state index contributed by atoms with van der Waals surface area (Å²) in [5.41, 5.74) is 2.15. The molecule has 0 radical (unpaired) electrons. The minimum absolute atomic E-state index is 0.0438. The molecule has 3 nitrogen and oxygen atoms in total. The summed E-state index contributed by atoms with van der Waals surface area (Å²) in [5, 5.41) is 2.90. The van der Waals surface area contributed by atoms with Crippen molar-refractivity contribution in [3.05, 3.63) is 71.8 Å². The SMILES string of the molecule is O=C(NCc1ccccc1)[C@@H]1O[C@@H]1c1ccccc1. The van der Waals surface area contributed by atoms with E-state index >= 15 is 0 Å². The first-order valence-corrected chi connectivity index (χ1v) is 6.36. The van der Waals surface area contributed by atoms with E-state index in [2.05, 4.69) is 5.32 Å². The summed E-state index contributed by atoms with van der Waals surface area (Å²) in [4.78, 5) is 11.9. The normalized spacial score (nSPS) is 20.8. The molecular formula is C16H15NO2. The first-order valence-electron chi connectivity index (χ1n) is 6.36. The molecule has 1 amide bonds. The first-order chi connectivity index (χ1) is 9.34. The maximum atomic E-state index is 11.9. The van der Waals surface area contributed by atoms with Crippen molar-refractivity contribution in [1.29, 1.82) is 0 Å². The number of rotatable bonds is 4. The van der Waals surface area contributed by atoms with Crippen LogP contribution in [0.5, 0.6) is 0 Å². The molecule has 0 saturated carbocycles. The van der Waals surface area contributed by atoms with Crippen molar-refractivity contribution in [2.24, 2.45) is 0 Å². The number of epoxide rings is 1. The molecule has 1 saturated heterocycles.